The molecule has 0 spiro atoms. The molecule has 0 aliphatic carbocycles. The minimum atomic E-state index is 0.361. The Balaban J connectivity index is 3.58. The molecule has 0 aliphatic rings. The molecule has 0 bridgehead atoms. The predicted molar refractivity (Wildman–Crippen MR) is 48.4 cm³/mol. The van der Waals surface area contributed by atoms with Crippen LogP contribution in [0.2, 0.25) is 0 Å². The monoisotopic (exact) mass is 160 g/mol. The van der Waals surface area contributed by atoms with Gasteiger partial charge in [0.2, 0.25) is 0 Å². The molecule has 0 saturated heterocycles. The summed E-state index contributed by atoms with van der Waals surface area (Å²) in [5.41, 5.74) is 0. The first-order valence-corrected chi connectivity index (χ1v) is 3.97. The molecule has 0 atom stereocenters. The third-order valence-corrected chi connectivity index (χ3v) is 1.87. The van der Waals surface area contributed by atoms with Crippen LogP contribution >= 0.6 is 0 Å². The van der Waals surface area contributed by atoms with Gasteiger partial charge < -0.3 is 21.3 Å². The summed E-state index contributed by atoms with van der Waals surface area (Å²) in [5, 5.41) is 12.6. The zero-order valence-corrected chi connectivity index (χ0v) is 7.86. The maximum Gasteiger partial charge on any atom is 0.0594 e. The van der Waals surface area contributed by atoms with Gasteiger partial charge in [-0.1, -0.05) is 0 Å². The van der Waals surface area contributed by atoms with Crippen molar-refractivity contribution >= 4 is 0 Å². The minimum Gasteiger partial charge on any atom is -0.305 e. The molecule has 0 amide bonds. The summed E-state index contributed by atoms with van der Waals surface area (Å²) < 4.78 is 0. The van der Waals surface area contributed by atoms with Gasteiger partial charge in [-0.15, -0.1) is 0 Å². The Morgan fingerprint density at radius 2 is 1.00 bits per heavy atom. The van der Waals surface area contributed by atoms with Crippen LogP contribution < -0.4 is 21.3 Å². The van der Waals surface area contributed by atoms with Crippen molar-refractivity contribution in [2.45, 2.75) is 18.8 Å². The van der Waals surface area contributed by atoms with Crippen LogP contribution in [0.4, 0.5) is 0 Å². The summed E-state index contributed by atoms with van der Waals surface area (Å²) in [6, 6.07) is 0. The fraction of sp³-hybridized carbons (Fsp3) is 1.00. The SMILES string of the molecule is CNC(CC(NC)NC)NC. The van der Waals surface area contributed by atoms with Gasteiger partial charge in [0, 0.05) is 6.42 Å². The third kappa shape index (κ3) is 4.31. The molecule has 0 fully saturated rings. The molecule has 0 aromatic rings. The minimum absolute atomic E-state index is 0.361. The Morgan fingerprint density at radius 3 is 1.18 bits per heavy atom. The average Bonchev–Trinajstić information content (AvgIpc) is 2.07. The molecule has 0 aromatic carbocycles. The number of hydrogen-bond acceptors (Lipinski definition) is 4. The normalized spacial score (nSPS) is 11.5. The third-order valence-electron chi connectivity index (χ3n) is 1.87. The van der Waals surface area contributed by atoms with E-state index >= 15 is 0 Å². The average molecular weight is 160 g/mol. The highest BCUT2D eigenvalue weighted by molar-refractivity contribution is 4.67. The van der Waals surface area contributed by atoms with E-state index in [-0.39, 0.29) is 0 Å². The number of nitrogens with one attached hydrogen (secondary N) is 4. The maximum atomic E-state index is 3.16. The first-order chi connectivity index (χ1) is 5.28. The Kier molecular flexibility index (Phi) is 6.45. The van der Waals surface area contributed by atoms with Gasteiger partial charge in [0.15, 0.2) is 0 Å². The van der Waals surface area contributed by atoms with Crippen molar-refractivity contribution in [1.29, 1.82) is 0 Å². The molecule has 0 rings (SSSR count). The highest BCUT2D eigenvalue weighted by Gasteiger charge is 2.08. The summed E-state index contributed by atoms with van der Waals surface area (Å²) in [7, 11) is 7.79. The van der Waals surface area contributed by atoms with Gasteiger partial charge in [0.25, 0.3) is 0 Å². The van der Waals surface area contributed by atoms with Gasteiger partial charge in [-0.2, -0.15) is 0 Å². The van der Waals surface area contributed by atoms with Crippen molar-refractivity contribution in [2.75, 3.05) is 28.2 Å². The van der Waals surface area contributed by atoms with Gasteiger partial charge in [-0.25, -0.2) is 0 Å². The van der Waals surface area contributed by atoms with E-state index in [0.29, 0.717) is 12.3 Å². The van der Waals surface area contributed by atoms with Crippen molar-refractivity contribution in [3.63, 3.8) is 0 Å². The lowest BCUT2D eigenvalue weighted by molar-refractivity contribution is 0.363. The van der Waals surface area contributed by atoms with E-state index in [4.69, 9.17) is 0 Å². The van der Waals surface area contributed by atoms with Crippen LogP contribution in [0.5, 0.6) is 0 Å². The van der Waals surface area contributed by atoms with Crippen LogP contribution in [0.3, 0.4) is 0 Å². The molecule has 4 heteroatoms. The molecule has 0 aliphatic heterocycles. The highest BCUT2D eigenvalue weighted by Crippen LogP contribution is 1.89. The van der Waals surface area contributed by atoms with Crippen molar-refractivity contribution in [3.05, 3.63) is 0 Å². The summed E-state index contributed by atoms with van der Waals surface area (Å²) >= 11 is 0. The zero-order valence-electron chi connectivity index (χ0n) is 7.86. The topological polar surface area (TPSA) is 48.1 Å². The number of hydrogen-bond donors (Lipinski definition) is 4. The van der Waals surface area contributed by atoms with Gasteiger partial charge in [-0.3, -0.25) is 0 Å². The molecule has 0 aromatic heterocycles. The fourth-order valence-corrected chi connectivity index (χ4v) is 0.996. The maximum absolute atomic E-state index is 3.16. The van der Waals surface area contributed by atoms with E-state index in [1.54, 1.807) is 0 Å². The summed E-state index contributed by atoms with van der Waals surface area (Å²) in [6.45, 7) is 0. The van der Waals surface area contributed by atoms with Crippen LogP contribution in [0.15, 0.2) is 0 Å². The molecular weight excluding hydrogens is 140 g/mol. The molecule has 0 saturated carbocycles. The summed E-state index contributed by atoms with van der Waals surface area (Å²) in [4.78, 5) is 0. The molecule has 0 unspecified atom stereocenters. The van der Waals surface area contributed by atoms with Crippen molar-refractivity contribution in [1.82, 2.24) is 21.3 Å². The molecule has 0 heterocycles. The van der Waals surface area contributed by atoms with Crippen molar-refractivity contribution in [2.24, 2.45) is 0 Å². The van der Waals surface area contributed by atoms with E-state index in [9.17, 15) is 0 Å². The van der Waals surface area contributed by atoms with Gasteiger partial charge >= 0.3 is 0 Å². The zero-order chi connectivity index (χ0) is 8.69. The lowest BCUT2D eigenvalue weighted by atomic mass is 10.3. The van der Waals surface area contributed by atoms with E-state index in [1.165, 1.54) is 0 Å². The molecular formula is C7H20N4. The summed E-state index contributed by atoms with van der Waals surface area (Å²) in [5.74, 6) is 0. The van der Waals surface area contributed by atoms with Crippen molar-refractivity contribution < 1.29 is 0 Å². The molecule has 68 valence electrons. The van der Waals surface area contributed by atoms with Crippen LogP contribution in [0, 0.1) is 0 Å². The van der Waals surface area contributed by atoms with Crippen LogP contribution in [-0.2, 0) is 0 Å². The second kappa shape index (κ2) is 6.54. The van der Waals surface area contributed by atoms with Gasteiger partial charge in [0.1, 0.15) is 0 Å². The number of rotatable bonds is 6. The highest BCUT2D eigenvalue weighted by atomic mass is 15.1. The van der Waals surface area contributed by atoms with Crippen LogP contribution in [0.25, 0.3) is 0 Å². The first kappa shape index (κ1) is 10.8. The summed E-state index contributed by atoms with van der Waals surface area (Å²) in [6.07, 6.45) is 1.74. The van der Waals surface area contributed by atoms with Crippen LogP contribution in [-0.4, -0.2) is 40.5 Å². The van der Waals surface area contributed by atoms with E-state index in [2.05, 4.69) is 21.3 Å². The Bertz CT molecular complexity index is 68.5. The predicted octanol–water partition coefficient (Wildman–Crippen LogP) is -1.09. The molecule has 11 heavy (non-hydrogen) atoms. The molecule has 4 nitrogen and oxygen atoms in total. The Labute approximate surface area is 69.1 Å². The van der Waals surface area contributed by atoms with E-state index in [0.717, 1.165) is 6.42 Å². The van der Waals surface area contributed by atoms with E-state index < -0.39 is 0 Å². The van der Waals surface area contributed by atoms with Gasteiger partial charge in [-0.05, 0) is 28.2 Å². The fourth-order valence-electron chi connectivity index (χ4n) is 0.996. The smallest absolute Gasteiger partial charge is 0.0594 e. The lowest BCUT2D eigenvalue weighted by Gasteiger charge is -2.21. The largest absolute Gasteiger partial charge is 0.305 e. The first-order valence-electron chi connectivity index (χ1n) is 3.97. The second-order valence-electron chi connectivity index (χ2n) is 2.50. The standard InChI is InChI=1S/C7H20N4/c1-8-6(9-2)5-7(10-3)11-4/h6-11H,5H2,1-4H3. The second-order valence-corrected chi connectivity index (χ2v) is 2.50. The van der Waals surface area contributed by atoms with E-state index in [1.807, 2.05) is 28.2 Å². The molecule has 0 radical (unpaired) electrons. The lowest BCUT2D eigenvalue weighted by Crippen LogP contribution is -2.47. The van der Waals surface area contributed by atoms with Crippen LogP contribution in [0.1, 0.15) is 6.42 Å². The Morgan fingerprint density at radius 1 is 0.727 bits per heavy atom. The Hall–Kier alpha value is -0.160. The quantitative estimate of drug-likeness (QED) is 0.373. The molecule has 4 N–H and O–H groups in total. The van der Waals surface area contributed by atoms with Gasteiger partial charge in [0.05, 0.1) is 12.3 Å². The van der Waals surface area contributed by atoms with Crippen molar-refractivity contribution in [3.8, 4) is 0 Å².